The Morgan fingerprint density at radius 2 is 2.06 bits per heavy atom. The molecule has 16 heavy (non-hydrogen) atoms. The molecule has 0 aliphatic heterocycles. The van der Waals surface area contributed by atoms with Crippen molar-refractivity contribution in [1.29, 1.82) is 0 Å². The van der Waals surface area contributed by atoms with E-state index in [2.05, 4.69) is 13.2 Å². The van der Waals surface area contributed by atoms with Gasteiger partial charge in [-0.25, -0.2) is 0 Å². The molecule has 0 fully saturated rings. The van der Waals surface area contributed by atoms with Crippen molar-refractivity contribution in [2.24, 2.45) is 5.73 Å². The first-order chi connectivity index (χ1) is 7.52. The van der Waals surface area contributed by atoms with Gasteiger partial charge in [-0.3, -0.25) is 9.59 Å². The fourth-order valence-corrected chi connectivity index (χ4v) is 1.02. The zero-order valence-corrected chi connectivity index (χ0v) is 9.06. The molecule has 0 radical (unpaired) electrons. The van der Waals surface area contributed by atoms with E-state index >= 15 is 0 Å². The quantitative estimate of drug-likeness (QED) is 0.455. The average molecular weight is 224 g/mol. The van der Waals surface area contributed by atoms with Crippen LogP contribution in [-0.2, 0) is 9.59 Å². The summed E-state index contributed by atoms with van der Waals surface area (Å²) in [6, 6.07) is 0. The van der Waals surface area contributed by atoms with Gasteiger partial charge in [0.1, 0.15) is 0 Å². The number of hydrogen-bond acceptors (Lipinski definition) is 3. The van der Waals surface area contributed by atoms with Crippen LogP contribution in [0.15, 0.2) is 37.0 Å². The number of carbonyl (C=O) groups is 2. The van der Waals surface area contributed by atoms with E-state index in [1.807, 2.05) is 0 Å². The minimum atomic E-state index is -0.637. The minimum absolute atomic E-state index is 0.0444. The third-order valence-electron chi connectivity index (χ3n) is 1.71. The van der Waals surface area contributed by atoms with Gasteiger partial charge in [-0.15, -0.1) is 0 Å². The lowest BCUT2D eigenvalue weighted by Crippen LogP contribution is -2.40. The molecule has 0 aliphatic carbocycles. The third-order valence-corrected chi connectivity index (χ3v) is 1.71. The molecule has 88 valence electrons. The topological polar surface area (TPSA) is 83.6 Å². The molecule has 0 saturated carbocycles. The number of nitrogens with zero attached hydrogens (tertiary/aromatic N) is 1. The molecule has 0 atom stereocenters. The first-order valence-electron chi connectivity index (χ1n) is 4.69. The molecule has 2 amide bonds. The van der Waals surface area contributed by atoms with Gasteiger partial charge in [0.2, 0.25) is 5.91 Å². The SMILES string of the molecule is C=C/C=C\C(=C)C(=O)N(CCO)CC(N)=O. The van der Waals surface area contributed by atoms with Crippen molar-refractivity contribution in [1.82, 2.24) is 4.90 Å². The molecule has 5 heteroatoms. The summed E-state index contributed by atoms with van der Waals surface area (Å²) in [6.07, 6.45) is 4.53. The van der Waals surface area contributed by atoms with Crippen molar-refractivity contribution in [3.05, 3.63) is 37.0 Å². The maximum absolute atomic E-state index is 11.7. The van der Waals surface area contributed by atoms with Gasteiger partial charge in [0.15, 0.2) is 0 Å². The molecule has 0 aromatic carbocycles. The molecule has 0 saturated heterocycles. The van der Waals surface area contributed by atoms with E-state index < -0.39 is 11.8 Å². The highest BCUT2D eigenvalue weighted by Gasteiger charge is 2.16. The Kier molecular flexibility index (Phi) is 6.55. The molecule has 0 unspecified atom stereocenters. The lowest BCUT2D eigenvalue weighted by atomic mass is 10.2. The predicted molar refractivity (Wildman–Crippen MR) is 61.3 cm³/mol. The maximum atomic E-state index is 11.7. The summed E-state index contributed by atoms with van der Waals surface area (Å²) in [5, 5.41) is 8.75. The summed E-state index contributed by atoms with van der Waals surface area (Å²) in [6.45, 7) is 6.57. The highest BCUT2D eigenvalue weighted by atomic mass is 16.3. The van der Waals surface area contributed by atoms with E-state index in [1.165, 1.54) is 12.2 Å². The van der Waals surface area contributed by atoms with Gasteiger partial charge in [-0.2, -0.15) is 0 Å². The van der Waals surface area contributed by atoms with E-state index in [0.29, 0.717) is 0 Å². The fourth-order valence-electron chi connectivity index (χ4n) is 1.02. The Bertz CT molecular complexity index is 321. The molecule has 5 nitrogen and oxygen atoms in total. The molecular formula is C11H16N2O3. The second-order valence-corrected chi connectivity index (χ2v) is 3.04. The molecule has 0 aromatic heterocycles. The second kappa shape index (κ2) is 7.42. The van der Waals surface area contributed by atoms with Crippen molar-refractivity contribution in [3.63, 3.8) is 0 Å². The van der Waals surface area contributed by atoms with Crippen molar-refractivity contribution < 1.29 is 14.7 Å². The normalized spacial score (nSPS) is 10.1. The summed E-state index contributed by atoms with van der Waals surface area (Å²) in [5.74, 6) is -1.08. The Morgan fingerprint density at radius 1 is 1.44 bits per heavy atom. The van der Waals surface area contributed by atoms with Crippen LogP contribution < -0.4 is 5.73 Å². The standard InChI is InChI=1S/C11H16N2O3/c1-3-4-5-9(2)11(16)13(6-7-14)8-10(12)15/h3-5,14H,1-2,6-8H2,(H2,12,15)/b5-4-. The van der Waals surface area contributed by atoms with Crippen molar-refractivity contribution in [3.8, 4) is 0 Å². The van der Waals surface area contributed by atoms with Gasteiger partial charge >= 0.3 is 0 Å². The van der Waals surface area contributed by atoms with E-state index in [1.54, 1.807) is 6.08 Å². The molecule has 3 N–H and O–H groups in total. The van der Waals surface area contributed by atoms with Crippen LogP contribution in [0.2, 0.25) is 0 Å². The van der Waals surface area contributed by atoms with Crippen molar-refractivity contribution in [2.75, 3.05) is 19.7 Å². The second-order valence-electron chi connectivity index (χ2n) is 3.04. The number of amides is 2. The van der Waals surface area contributed by atoms with Crippen molar-refractivity contribution >= 4 is 11.8 Å². The predicted octanol–water partition coefficient (Wildman–Crippen LogP) is -0.409. The monoisotopic (exact) mass is 224 g/mol. The molecular weight excluding hydrogens is 208 g/mol. The van der Waals surface area contributed by atoms with Gasteiger partial charge in [0.05, 0.1) is 13.2 Å². The van der Waals surface area contributed by atoms with Crippen LogP contribution in [-0.4, -0.2) is 41.5 Å². The third kappa shape index (κ3) is 5.11. The molecule has 0 heterocycles. The van der Waals surface area contributed by atoms with Gasteiger partial charge in [0.25, 0.3) is 5.91 Å². The molecule has 0 rings (SSSR count). The highest BCUT2D eigenvalue weighted by Crippen LogP contribution is 2.01. The van der Waals surface area contributed by atoms with Gasteiger partial charge in [0, 0.05) is 12.1 Å². The van der Waals surface area contributed by atoms with E-state index in [4.69, 9.17) is 10.8 Å². The first-order valence-corrected chi connectivity index (χ1v) is 4.69. The van der Waals surface area contributed by atoms with Gasteiger partial charge in [-0.1, -0.05) is 31.4 Å². The number of primary amides is 1. The summed E-state index contributed by atoms with van der Waals surface area (Å²) in [4.78, 5) is 23.5. The Balaban J connectivity index is 4.59. The Morgan fingerprint density at radius 3 is 2.50 bits per heavy atom. The number of carbonyl (C=O) groups excluding carboxylic acids is 2. The van der Waals surface area contributed by atoms with Crippen LogP contribution in [0.1, 0.15) is 0 Å². The lowest BCUT2D eigenvalue weighted by Gasteiger charge is -2.19. The van der Waals surface area contributed by atoms with E-state index in [-0.39, 0.29) is 25.3 Å². The Hall–Kier alpha value is -1.88. The lowest BCUT2D eigenvalue weighted by molar-refractivity contribution is -0.132. The smallest absolute Gasteiger partial charge is 0.253 e. The molecule has 0 aliphatic rings. The molecule has 0 spiro atoms. The summed E-state index contributed by atoms with van der Waals surface area (Å²) in [5.41, 5.74) is 5.19. The summed E-state index contributed by atoms with van der Waals surface area (Å²) < 4.78 is 0. The number of rotatable bonds is 7. The first kappa shape index (κ1) is 14.1. The fraction of sp³-hybridized carbons (Fsp3) is 0.273. The van der Waals surface area contributed by atoms with Crippen LogP contribution in [0, 0.1) is 0 Å². The van der Waals surface area contributed by atoms with Crippen LogP contribution in [0.4, 0.5) is 0 Å². The average Bonchev–Trinajstić information content (AvgIpc) is 2.23. The Labute approximate surface area is 94.5 Å². The summed E-state index contributed by atoms with van der Waals surface area (Å²) >= 11 is 0. The van der Waals surface area contributed by atoms with Crippen LogP contribution >= 0.6 is 0 Å². The van der Waals surface area contributed by atoms with Gasteiger partial charge in [-0.05, 0) is 0 Å². The van der Waals surface area contributed by atoms with Crippen LogP contribution in [0.3, 0.4) is 0 Å². The zero-order valence-electron chi connectivity index (χ0n) is 9.06. The number of hydrogen-bond donors (Lipinski definition) is 2. The number of allylic oxidation sites excluding steroid dienone is 2. The highest BCUT2D eigenvalue weighted by molar-refractivity contribution is 5.97. The maximum Gasteiger partial charge on any atom is 0.253 e. The number of aliphatic hydroxyl groups is 1. The van der Waals surface area contributed by atoms with Crippen molar-refractivity contribution in [2.45, 2.75) is 0 Å². The summed E-state index contributed by atoms with van der Waals surface area (Å²) in [7, 11) is 0. The number of aliphatic hydroxyl groups excluding tert-OH is 1. The molecule has 0 aromatic rings. The largest absolute Gasteiger partial charge is 0.395 e. The molecule has 0 bridgehead atoms. The zero-order chi connectivity index (χ0) is 12.6. The van der Waals surface area contributed by atoms with Crippen LogP contribution in [0.25, 0.3) is 0 Å². The van der Waals surface area contributed by atoms with Gasteiger partial charge < -0.3 is 15.7 Å². The minimum Gasteiger partial charge on any atom is -0.395 e. The van der Waals surface area contributed by atoms with E-state index in [0.717, 1.165) is 4.90 Å². The van der Waals surface area contributed by atoms with E-state index in [9.17, 15) is 9.59 Å². The number of nitrogens with two attached hydrogens (primary N) is 1. The van der Waals surface area contributed by atoms with Crippen LogP contribution in [0.5, 0.6) is 0 Å².